The SMILES string of the molecule is CCC(C)C(NC(=O)C(N)C(C)O)C(=O)NC(C(=O)NC(Cc1cnc[nH]1)C(=O)O)C(C)CC. The lowest BCUT2D eigenvalue weighted by Crippen LogP contribution is -2.60. The molecule has 8 N–H and O–H groups in total. The van der Waals surface area contributed by atoms with Crippen LogP contribution in [-0.2, 0) is 25.6 Å². The second-order valence-corrected chi connectivity index (χ2v) is 8.69. The molecule has 1 rings (SSSR count). The molecule has 0 radical (unpaired) electrons. The summed E-state index contributed by atoms with van der Waals surface area (Å²) in [4.78, 5) is 56.9. The van der Waals surface area contributed by atoms with Gasteiger partial charge in [0.2, 0.25) is 17.7 Å². The number of nitrogens with zero attached hydrogens (tertiary/aromatic N) is 1. The van der Waals surface area contributed by atoms with E-state index in [1.807, 2.05) is 13.8 Å². The van der Waals surface area contributed by atoms with Crippen molar-refractivity contribution in [3.63, 3.8) is 0 Å². The predicted octanol–water partition coefficient (Wildman–Crippen LogP) is -0.708. The second-order valence-electron chi connectivity index (χ2n) is 8.69. The molecule has 3 amide bonds. The minimum absolute atomic E-state index is 0.00890. The Morgan fingerprint density at radius 3 is 1.88 bits per heavy atom. The number of rotatable bonds is 14. The van der Waals surface area contributed by atoms with E-state index in [1.54, 1.807) is 13.8 Å². The Kier molecular flexibility index (Phi) is 11.7. The summed E-state index contributed by atoms with van der Waals surface area (Å²) < 4.78 is 0. The molecule has 7 unspecified atom stereocenters. The van der Waals surface area contributed by atoms with Crippen molar-refractivity contribution < 1.29 is 29.4 Å². The van der Waals surface area contributed by atoms with Crippen LogP contribution in [0.5, 0.6) is 0 Å². The molecule has 192 valence electrons. The van der Waals surface area contributed by atoms with Crippen molar-refractivity contribution in [1.29, 1.82) is 0 Å². The van der Waals surface area contributed by atoms with Gasteiger partial charge in [-0.05, 0) is 18.8 Å². The number of nitrogens with one attached hydrogen (secondary N) is 4. The van der Waals surface area contributed by atoms with Crippen LogP contribution in [0.15, 0.2) is 12.5 Å². The van der Waals surface area contributed by atoms with Gasteiger partial charge in [-0.25, -0.2) is 9.78 Å². The largest absolute Gasteiger partial charge is 0.480 e. The van der Waals surface area contributed by atoms with Gasteiger partial charge >= 0.3 is 5.97 Å². The third-order valence-corrected chi connectivity index (χ3v) is 6.00. The number of aliphatic hydroxyl groups is 1. The number of carboxylic acids is 1. The van der Waals surface area contributed by atoms with E-state index >= 15 is 0 Å². The lowest BCUT2D eigenvalue weighted by molar-refractivity contribution is -0.142. The lowest BCUT2D eigenvalue weighted by atomic mass is 9.94. The molecule has 1 heterocycles. The van der Waals surface area contributed by atoms with E-state index in [0.29, 0.717) is 18.5 Å². The number of imidazole rings is 1. The first-order valence-corrected chi connectivity index (χ1v) is 11.5. The number of hydrogen-bond donors (Lipinski definition) is 7. The number of carbonyl (C=O) groups excluding carboxylic acids is 3. The highest BCUT2D eigenvalue weighted by atomic mass is 16.4. The van der Waals surface area contributed by atoms with E-state index in [9.17, 15) is 29.4 Å². The van der Waals surface area contributed by atoms with Crippen molar-refractivity contribution >= 4 is 23.7 Å². The lowest BCUT2D eigenvalue weighted by Gasteiger charge is -2.30. The molecule has 12 nitrogen and oxygen atoms in total. The number of carboxylic acid groups (broad SMARTS) is 1. The molecule has 0 saturated heterocycles. The molecule has 1 aromatic rings. The van der Waals surface area contributed by atoms with Gasteiger partial charge in [0, 0.05) is 18.3 Å². The fourth-order valence-corrected chi connectivity index (χ4v) is 3.19. The van der Waals surface area contributed by atoms with E-state index in [2.05, 4.69) is 25.9 Å². The van der Waals surface area contributed by atoms with Crippen molar-refractivity contribution in [2.24, 2.45) is 17.6 Å². The summed E-state index contributed by atoms with van der Waals surface area (Å²) in [6, 6.07) is -4.48. The molecule has 7 atom stereocenters. The zero-order valence-electron chi connectivity index (χ0n) is 20.4. The van der Waals surface area contributed by atoms with Crippen LogP contribution in [0.25, 0.3) is 0 Å². The highest BCUT2D eigenvalue weighted by molar-refractivity contribution is 5.94. The average Bonchev–Trinajstić information content (AvgIpc) is 3.31. The first-order chi connectivity index (χ1) is 15.9. The van der Waals surface area contributed by atoms with E-state index in [1.165, 1.54) is 19.4 Å². The molecular weight excluding hydrogens is 444 g/mol. The molecule has 0 aliphatic carbocycles. The number of H-pyrrole nitrogens is 1. The zero-order chi connectivity index (χ0) is 26.0. The van der Waals surface area contributed by atoms with Gasteiger partial charge in [0.05, 0.1) is 12.4 Å². The predicted molar refractivity (Wildman–Crippen MR) is 124 cm³/mol. The van der Waals surface area contributed by atoms with Gasteiger partial charge in [-0.2, -0.15) is 0 Å². The van der Waals surface area contributed by atoms with Crippen LogP contribution in [-0.4, -0.2) is 74.1 Å². The normalized spacial score (nSPS) is 17.4. The number of hydrogen-bond acceptors (Lipinski definition) is 7. The number of amides is 3. The van der Waals surface area contributed by atoms with Crippen molar-refractivity contribution in [3.8, 4) is 0 Å². The summed E-state index contributed by atoms with van der Waals surface area (Å²) in [6.07, 6.45) is 2.84. The Morgan fingerprint density at radius 2 is 1.47 bits per heavy atom. The summed E-state index contributed by atoms with van der Waals surface area (Å²) >= 11 is 0. The number of aliphatic hydroxyl groups excluding tert-OH is 1. The summed E-state index contributed by atoms with van der Waals surface area (Å²) in [5.41, 5.74) is 6.22. The van der Waals surface area contributed by atoms with Gasteiger partial charge in [-0.1, -0.05) is 40.5 Å². The van der Waals surface area contributed by atoms with Crippen LogP contribution in [0.3, 0.4) is 0 Å². The van der Waals surface area contributed by atoms with E-state index < -0.39 is 54.0 Å². The summed E-state index contributed by atoms with van der Waals surface area (Å²) in [6.45, 7) is 8.58. The Balaban J connectivity index is 3.04. The van der Waals surface area contributed by atoms with Crippen LogP contribution < -0.4 is 21.7 Å². The highest BCUT2D eigenvalue weighted by Crippen LogP contribution is 2.13. The van der Waals surface area contributed by atoms with Crippen molar-refractivity contribution in [1.82, 2.24) is 25.9 Å². The number of aliphatic carboxylic acids is 1. The minimum atomic E-state index is -1.23. The molecule has 1 aromatic heterocycles. The van der Waals surface area contributed by atoms with Gasteiger partial charge in [0.1, 0.15) is 24.2 Å². The standard InChI is InChI=1S/C22H38N6O6/c1-6-11(3)17(20(31)26-15(22(33)34)8-14-9-24-10-25-14)28-21(32)18(12(4)7-2)27-19(30)16(23)13(5)29/h9-13,15-18,29H,6-8,23H2,1-5H3,(H,24,25)(H,26,31)(H,27,30)(H,28,32)(H,33,34). The molecule has 0 bridgehead atoms. The monoisotopic (exact) mass is 482 g/mol. The summed E-state index contributed by atoms with van der Waals surface area (Å²) in [5.74, 6) is -3.78. The van der Waals surface area contributed by atoms with Crippen LogP contribution in [0, 0.1) is 11.8 Å². The summed E-state index contributed by atoms with van der Waals surface area (Å²) in [5, 5.41) is 26.9. The van der Waals surface area contributed by atoms with Crippen LogP contribution >= 0.6 is 0 Å². The average molecular weight is 483 g/mol. The van der Waals surface area contributed by atoms with Crippen LogP contribution in [0.1, 0.15) is 53.2 Å². The minimum Gasteiger partial charge on any atom is -0.480 e. The molecule has 0 aliphatic heterocycles. The van der Waals surface area contributed by atoms with E-state index in [4.69, 9.17) is 5.73 Å². The van der Waals surface area contributed by atoms with E-state index in [0.717, 1.165) is 0 Å². The summed E-state index contributed by atoms with van der Waals surface area (Å²) in [7, 11) is 0. The van der Waals surface area contributed by atoms with Gasteiger partial charge in [-0.15, -0.1) is 0 Å². The molecule has 0 aromatic carbocycles. The zero-order valence-corrected chi connectivity index (χ0v) is 20.4. The maximum absolute atomic E-state index is 13.1. The molecule has 12 heteroatoms. The Bertz CT molecular complexity index is 815. The maximum atomic E-state index is 13.1. The first-order valence-electron chi connectivity index (χ1n) is 11.5. The smallest absolute Gasteiger partial charge is 0.326 e. The number of aromatic amines is 1. The molecule has 0 fully saturated rings. The number of aromatic nitrogens is 2. The molecule has 0 aliphatic rings. The molecule has 34 heavy (non-hydrogen) atoms. The Labute approximate surface area is 199 Å². The van der Waals surface area contributed by atoms with Crippen molar-refractivity contribution in [2.45, 2.75) is 84.2 Å². The van der Waals surface area contributed by atoms with Gasteiger partial charge in [-0.3, -0.25) is 14.4 Å². The van der Waals surface area contributed by atoms with Gasteiger partial charge in [0.15, 0.2) is 0 Å². The first kappa shape index (κ1) is 29.0. The van der Waals surface area contributed by atoms with E-state index in [-0.39, 0.29) is 18.3 Å². The highest BCUT2D eigenvalue weighted by Gasteiger charge is 2.34. The van der Waals surface area contributed by atoms with Gasteiger partial charge < -0.3 is 36.9 Å². The second kappa shape index (κ2) is 13.7. The molecule has 0 spiro atoms. The molecular formula is C22H38N6O6. The number of nitrogens with two attached hydrogens (primary N) is 1. The quantitative estimate of drug-likeness (QED) is 0.180. The Morgan fingerprint density at radius 1 is 0.971 bits per heavy atom. The fourth-order valence-electron chi connectivity index (χ4n) is 3.19. The number of carbonyl (C=O) groups is 4. The van der Waals surface area contributed by atoms with Crippen LogP contribution in [0.4, 0.5) is 0 Å². The third kappa shape index (κ3) is 8.41. The van der Waals surface area contributed by atoms with Crippen molar-refractivity contribution in [3.05, 3.63) is 18.2 Å². The topological polar surface area (TPSA) is 200 Å². The molecule has 0 saturated carbocycles. The maximum Gasteiger partial charge on any atom is 0.326 e. The van der Waals surface area contributed by atoms with Crippen LogP contribution in [0.2, 0.25) is 0 Å². The third-order valence-electron chi connectivity index (χ3n) is 6.00. The van der Waals surface area contributed by atoms with Gasteiger partial charge in [0.25, 0.3) is 0 Å². The Hall–Kier alpha value is -2.99. The fraction of sp³-hybridized carbons (Fsp3) is 0.682. The van der Waals surface area contributed by atoms with Crippen molar-refractivity contribution in [2.75, 3.05) is 0 Å².